The Balaban J connectivity index is 1.57. The molecule has 2 heterocycles. The number of anilines is 1. The average molecular weight is 470 g/mol. The monoisotopic (exact) mass is 469 g/mol. The summed E-state index contributed by atoms with van der Waals surface area (Å²) in [6, 6.07) is 12.3. The molecule has 0 amide bonds. The standard InChI is InChI=1S/C23H23N3O4S2/c1-3-12-25-22(28)18-7-5-6-8-19(18)24-23(25)31-15-21(27)17-9-10-20-16(14-17)11-13-26(20)32(29,30)4-2/h3,5-10,14H,1,4,11-13,15H2,2H3. The summed E-state index contributed by atoms with van der Waals surface area (Å²) in [5, 5.41) is 0.985. The van der Waals surface area contributed by atoms with Crippen LogP contribution < -0.4 is 9.86 Å². The maximum absolute atomic E-state index is 12.9. The van der Waals surface area contributed by atoms with E-state index in [1.165, 1.54) is 20.6 Å². The summed E-state index contributed by atoms with van der Waals surface area (Å²) in [6.07, 6.45) is 2.20. The number of carbonyl (C=O) groups is 1. The van der Waals surface area contributed by atoms with E-state index in [0.717, 1.165) is 5.56 Å². The lowest BCUT2D eigenvalue weighted by Crippen LogP contribution is -2.30. The number of allylic oxidation sites excluding steroid dienone is 1. The van der Waals surface area contributed by atoms with Gasteiger partial charge in [-0.05, 0) is 49.2 Å². The highest BCUT2D eigenvalue weighted by atomic mass is 32.2. The molecule has 0 atom stereocenters. The van der Waals surface area contributed by atoms with Gasteiger partial charge in [-0.15, -0.1) is 6.58 Å². The van der Waals surface area contributed by atoms with E-state index < -0.39 is 10.0 Å². The van der Waals surface area contributed by atoms with Crippen LogP contribution in [0.15, 0.2) is 65.1 Å². The van der Waals surface area contributed by atoms with Gasteiger partial charge in [-0.2, -0.15) is 0 Å². The second kappa shape index (κ2) is 8.91. The topological polar surface area (TPSA) is 89.3 Å². The van der Waals surface area contributed by atoms with Crippen molar-refractivity contribution >= 4 is 44.2 Å². The molecule has 0 aliphatic carbocycles. The Kier molecular flexibility index (Phi) is 6.21. The van der Waals surface area contributed by atoms with Crippen molar-refractivity contribution in [3.63, 3.8) is 0 Å². The van der Waals surface area contributed by atoms with Gasteiger partial charge in [-0.1, -0.05) is 30.0 Å². The highest BCUT2D eigenvalue weighted by Gasteiger charge is 2.28. The van der Waals surface area contributed by atoms with Crippen LogP contribution in [0.25, 0.3) is 10.9 Å². The van der Waals surface area contributed by atoms with Crippen LogP contribution in [0.1, 0.15) is 22.8 Å². The molecule has 0 radical (unpaired) electrons. The van der Waals surface area contributed by atoms with E-state index in [-0.39, 0.29) is 22.8 Å². The maximum Gasteiger partial charge on any atom is 0.262 e. The quantitative estimate of drug-likeness (QED) is 0.218. The van der Waals surface area contributed by atoms with Crippen molar-refractivity contribution in [2.75, 3.05) is 22.4 Å². The summed E-state index contributed by atoms with van der Waals surface area (Å²) in [6.45, 7) is 6.03. The van der Waals surface area contributed by atoms with Crippen molar-refractivity contribution < 1.29 is 13.2 Å². The Hall–Kier alpha value is -2.91. The van der Waals surface area contributed by atoms with E-state index in [0.29, 0.717) is 46.8 Å². The van der Waals surface area contributed by atoms with Crippen molar-refractivity contribution in [1.29, 1.82) is 0 Å². The Labute approximate surface area is 190 Å². The third-order valence-corrected chi connectivity index (χ3v) is 8.18. The summed E-state index contributed by atoms with van der Waals surface area (Å²) >= 11 is 1.21. The predicted octanol–water partition coefficient (Wildman–Crippen LogP) is 3.27. The molecule has 32 heavy (non-hydrogen) atoms. The molecular formula is C23H23N3O4S2. The molecule has 2 aromatic carbocycles. The number of fused-ring (bicyclic) bond motifs is 2. The zero-order valence-corrected chi connectivity index (χ0v) is 19.3. The summed E-state index contributed by atoms with van der Waals surface area (Å²) < 4.78 is 27.5. The van der Waals surface area contributed by atoms with E-state index in [4.69, 9.17) is 0 Å². The van der Waals surface area contributed by atoms with E-state index in [2.05, 4.69) is 11.6 Å². The Morgan fingerprint density at radius 3 is 2.78 bits per heavy atom. The summed E-state index contributed by atoms with van der Waals surface area (Å²) in [5.74, 6) is 0.0363. The first kappa shape index (κ1) is 22.3. The van der Waals surface area contributed by atoms with Crippen molar-refractivity contribution in [3.05, 3.63) is 76.6 Å². The van der Waals surface area contributed by atoms with Crippen molar-refractivity contribution in [1.82, 2.24) is 9.55 Å². The van der Waals surface area contributed by atoms with Gasteiger partial charge in [0.2, 0.25) is 10.0 Å². The van der Waals surface area contributed by atoms with Crippen LogP contribution in [0.4, 0.5) is 5.69 Å². The van der Waals surface area contributed by atoms with Crippen molar-refractivity contribution in [2.45, 2.75) is 25.0 Å². The lowest BCUT2D eigenvalue weighted by molar-refractivity contribution is 0.102. The number of nitrogens with zero attached hydrogens (tertiary/aromatic N) is 3. The van der Waals surface area contributed by atoms with Crippen LogP contribution in [-0.2, 0) is 23.0 Å². The molecule has 0 bridgehead atoms. The van der Waals surface area contributed by atoms with E-state index >= 15 is 0 Å². The van der Waals surface area contributed by atoms with Gasteiger partial charge in [0.25, 0.3) is 5.56 Å². The van der Waals surface area contributed by atoms with Crippen LogP contribution in [0.5, 0.6) is 0 Å². The number of rotatable bonds is 8. The van der Waals surface area contributed by atoms with Crippen LogP contribution in [0.2, 0.25) is 0 Å². The number of para-hydroxylation sites is 1. The SMILES string of the molecule is C=CCn1c(SCC(=O)c2ccc3c(c2)CCN3S(=O)(=O)CC)nc2ccccc2c1=O. The van der Waals surface area contributed by atoms with Gasteiger partial charge in [-0.25, -0.2) is 13.4 Å². The number of hydrogen-bond acceptors (Lipinski definition) is 6. The van der Waals surface area contributed by atoms with E-state index in [9.17, 15) is 18.0 Å². The van der Waals surface area contributed by atoms with Gasteiger partial charge in [0.1, 0.15) is 0 Å². The van der Waals surface area contributed by atoms with E-state index in [1.807, 2.05) is 6.07 Å². The largest absolute Gasteiger partial charge is 0.293 e. The Morgan fingerprint density at radius 1 is 1.25 bits per heavy atom. The van der Waals surface area contributed by atoms with E-state index in [1.54, 1.807) is 49.4 Å². The van der Waals surface area contributed by atoms with Gasteiger partial charge in [0, 0.05) is 18.7 Å². The van der Waals surface area contributed by atoms with Crippen LogP contribution in [0.3, 0.4) is 0 Å². The third-order valence-electron chi connectivity index (χ3n) is 5.43. The normalized spacial score (nSPS) is 13.3. The first-order valence-electron chi connectivity index (χ1n) is 10.3. The molecule has 1 aromatic heterocycles. The summed E-state index contributed by atoms with van der Waals surface area (Å²) in [4.78, 5) is 30.3. The lowest BCUT2D eigenvalue weighted by Gasteiger charge is -2.18. The molecule has 0 N–H and O–H groups in total. The average Bonchev–Trinajstić information content (AvgIpc) is 3.24. The van der Waals surface area contributed by atoms with Gasteiger partial charge in [0.15, 0.2) is 10.9 Å². The van der Waals surface area contributed by atoms with Gasteiger partial charge in [0.05, 0.1) is 28.1 Å². The fraction of sp³-hybridized carbons (Fsp3) is 0.261. The number of carbonyl (C=O) groups excluding carboxylic acids is 1. The number of thioether (sulfide) groups is 1. The number of benzene rings is 2. The Morgan fingerprint density at radius 2 is 2.03 bits per heavy atom. The predicted molar refractivity (Wildman–Crippen MR) is 128 cm³/mol. The molecule has 1 aliphatic rings. The lowest BCUT2D eigenvalue weighted by atomic mass is 10.1. The fourth-order valence-electron chi connectivity index (χ4n) is 3.75. The molecule has 3 aromatic rings. The first-order valence-corrected chi connectivity index (χ1v) is 12.8. The molecule has 0 unspecified atom stereocenters. The molecule has 4 rings (SSSR count). The minimum atomic E-state index is -3.33. The van der Waals surface area contributed by atoms with Gasteiger partial charge in [-0.3, -0.25) is 18.5 Å². The molecule has 0 saturated heterocycles. The molecule has 0 spiro atoms. The fourth-order valence-corrected chi connectivity index (χ4v) is 5.81. The van der Waals surface area contributed by atoms with Gasteiger partial charge >= 0.3 is 0 Å². The van der Waals surface area contributed by atoms with Crippen LogP contribution >= 0.6 is 11.8 Å². The first-order chi connectivity index (χ1) is 15.4. The van der Waals surface area contributed by atoms with Crippen LogP contribution in [0, 0.1) is 0 Å². The number of aromatic nitrogens is 2. The highest BCUT2D eigenvalue weighted by Crippen LogP contribution is 2.32. The number of hydrogen-bond donors (Lipinski definition) is 0. The minimum absolute atomic E-state index is 0.0366. The highest BCUT2D eigenvalue weighted by molar-refractivity contribution is 7.99. The smallest absolute Gasteiger partial charge is 0.262 e. The van der Waals surface area contributed by atoms with Crippen molar-refractivity contribution in [2.24, 2.45) is 0 Å². The second-order valence-corrected chi connectivity index (χ2v) is 10.5. The molecular weight excluding hydrogens is 446 g/mol. The molecule has 9 heteroatoms. The van der Waals surface area contributed by atoms with Crippen LogP contribution in [-0.4, -0.2) is 41.8 Å². The molecule has 0 fully saturated rings. The Bertz CT molecular complexity index is 1380. The van der Waals surface area contributed by atoms with Crippen molar-refractivity contribution in [3.8, 4) is 0 Å². The zero-order chi connectivity index (χ0) is 22.9. The molecule has 7 nitrogen and oxygen atoms in total. The number of Topliss-reactive ketones (excluding diaryl/α,β-unsaturated/α-hetero) is 1. The third kappa shape index (κ3) is 4.10. The van der Waals surface area contributed by atoms with Gasteiger partial charge < -0.3 is 0 Å². The zero-order valence-electron chi connectivity index (χ0n) is 17.7. The second-order valence-electron chi connectivity index (χ2n) is 7.39. The molecule has 0 saturated carbocycles. The summed E-state index contributed by atoms with van der Waals surface area (Å²) in [5.41, 5.74) is 2.44. The molecule has 1 aliphatic heterocycles. The minimum Gasteiger partial charge on any atom is -0.293 e. The maximum atomic E-state index is 12.9. The summed E-state index contributed by atoms with van der Waals surface area (Å²) in [7, 11) is -3.33. The molecule has 166 valence electrons. The number of sulfonamides is 1. The number of ketones is 1.